The minimum Gasteiger partial charge on any atom is -0.510 e. The molecular weight excluding hydrogens is 250 g/mol. The molecule has 94 valence electrons. The second-order valence-electron chi connectivity index (χ2n) is 4.02. The van der Waals surface area contributed by atoms with Crippen molar-refractivity contribution in [1.29, 1.82) is 0 Å². The quantitative estimate of drug-likeness (QED) is 0.780. The monoisotopic (exact) mass is 263 g/mol. The fraction of sp³-hybridized carbons (Fsp3) is 0.154. The largest absolute Gasteiger partial charge is 0.510 e. The molecule has 2 rings (SSSR count). The molecule has 1 aliphatic carbocycles. The fourth-order valence-corrected chi connectivity index (χ4v) is 2.56. The van der Waals surface area contributed by atoms with Gasteiger partial charge in [-0.15, -0.1) is 0 Å². The topological polar surface area (TPSA) is 80.4 Å². The standard InChI is InChI=1S/C13H13NO3S/c14-12-11(15)7-6-10(13(12)18(16)17)8-9-4-2-1-3-5-9/h1-7,12,15H,8,14H2. The summed E-state index contributed by atoms with van der Waals surface area (Å²) in [4.78, 5) is 0.0545. The van der Waals surface area contributed by atoms with Crippen molar-refractivity contribution in [2.24, 2.45) is 5.73 Å². The first-order valence-electron chi connectivity index (χ1n) is 5.45. The van der Waals surface area contributed by atoms with Crippen LogP contribution in [0.1, 0.15) is 5.56 Å². The van der Waals surface area contributed by atoms with Crippen LogP contribution in [-0.2, 0) is 16.7 Å². The molecule has 0 bridgehead atoms. The summed E-state index contributed by atoms with van der Waals surface area (Å²) in [5.74, 6) is -0.133. The molecule has 1 aromatic carbocycles. The highest BCUT2D eigenvalue weighted by atomic mass is 32.2. The summed E-state index contributed by atoms with van der Waals surface area (Å²) in [6, 6.07) is 8.53. The third-order valence-corrected chi connectivity index (χ3v) is 3.67. The van der Waals surface area contributed by atoms with Gasteiger partial charge in [0, 0.05) is 0 Å². The number of nitrogens with two attached hydrogens (primary N) is 1. The number of hydrogen-bond acceptors (Lipinski definition) is 4. The van der Waals surface area contributed by atoms with E-state index in [2.05, 4.69) is 0 Å². The van der Waals surface area contributed by atoms with Crippen LogP contribution in [-0.4, -0.2) is 24.4 Å². The molecule has 0 radical (unpaired) electrons. The summed E-state index contributed by atoms with van der Waals surface area (Å²) >= 11 is 0. The minimum absolute atomic E-state index is 0.0545. The Balaban J connectivity index is 2.40. The highest BCUT2D eigenvalue weighted by molar-refractivity contribution is 7.73. The van der Waals surface area contributed by atoms with E-state index in [0.717, 1.165) is 5.56 Å². The molecule has 0 saturated heterocycles. The molecule has 1 aromatic rings. The smallest absolute Gasteiger partial charge is 0.219 e. The Labute approximate surface area is 107 Å². The first kappa shape index (κ1) is 12.6. The first-order valence-corrected chi connectivity index (χ1v) is 6.53. The Kier molecular flexibility index (Phi) is 3.64. The summed E-state index contributed by atoms with van der Waals surface area (Å²) < 4.78 is 22.4. The number of benzene rings is 1. The van der Waals surface area contributed by atoms with E-state index in [9.17, 15) is 13.5 Å². The van der Waals surface area contributed by atoms with Crippen molar-refractivity contribution in [2.75, 3.05) is 0 Å². The summed E-state index contributed by atoms with van der Waals surface area (Å²) in [6.07, 6.45) is 3.51. The molecule has 5 heteroatoms. The third kappa shape index (κ3) is 2.52. The van der Waals surface area contributed by atoms with Crippen molar-refractivity contribution in [3.63, 3.8) is 0 Å². The molecule has 0 fully saturated rings. The van der Waals surface area contributed by atoms with E-state index in [0.29, 0.717) is 12.0 Å². The lowest BCUT2D eigenvalue weighted by Crippen LogP contribution is -2.36. The third-order valence-electron chi connectivity index (χ3n) is 2.79. The Morgan fingerprint density at radius 1 is 1.17 bits per heavy atom. The molecule has 0 heterocycles. The van der Waals surface area contributed by atoms with Gasteiger partial charge in [-0.1, -0.05) is 36.4 Å². The van der Waals surface area contributed by atoms with Crippen molar-refractivity contribution in [3.05, 3.63) is 59.4 Å². The van der Waals surface area contributed by atoms with E-state index in [1.807, 2.05) is 30.3 Å². The summed E-state index contributed by atoms with van der Waals surface area (Å²) in [6.45, 7) is 0. The Bertz CT molecular complexity index is 634. The van der Waals surface area contributed by atoms with Crippen LogP contribution < -0.4 is 5.73 Å². The summed E-state index contributed by atoms with van der Waals surface area (Å²) in [5.41, 5.74) is 7.28. The molecule has 0 aliphatic heterocycles. The predicted octanol–water partition coefficient (Wildman–Crippen LogP) is 0.990. The van der Waals surface area contributed by atoms with Crippen molar-refractivity contribution in [3.8, 4) is 0 Å². The molecule has 1 aliphatic rings. The van der Waals surface area contributed by atoms with Gasteiger partial charge < -0.3 is 10.8 Å². The number of aliphatic hydroxyl groups is 1. The van der Waals surface area contributed by atoms with Crippen LogP contribution in [0.15, 0.2) is 53.8 Å². The maximum atomic E-state index is 11.2. The maximum Gasteiger partial charge on any atom is 0.219 e. The van der Waals surface area contributed by atoms with Gasteiger partial charge in [-0.05, 0) is 23.6 Å². The summed E-state index contributed by atoms with van der Waals surface area (Å²) in [7, 11) is -2.43. The van der Waals surface area contributed by atoms with Gasteiger partial charge in [0.05, 0.1) is 4.86 Å². The average molecular weight is 263 g/mol. The lowest BCUT2D eigenvalue weighted by molar-refractivity contribution is 0.389. The van der Waals surface area contributed by atoms with E-state index < -0.39 is 16.3 Å². The minimum atomic E-state index is -2.43. The molecule has 1 unspecified atom stereocenters. The van der Waals surface area contributed by atoms with Crippen LogP contribution in [0.2, 0.25) is 0 Å². The van der Waals surface area contributed by atoms with Gasteiger partial charge in [0.15, 0.2) is 0 Å². The lowest BCUT2D eigenvalue weighted by Gasteiger charge is -2.18. The first-order chi connectivity index (χ1) is 8.59. The molecule has 4 nitrogen and oxygen atoms in total. The van der Waals surface area contributed by atoms with E-state index in [1.165, 1.54) is 6.08 Å². The van der Waals surface area contributed by atoms with E-state index in [4.69, 9.17) is 5.73 Å². The lowest BCUT2D eigenvalue weighted by atomic mass is 9.94. The van der Waals surface area contributed by atoms with Crippen molar-refractivity contribution in [1.82, 2.24) is 0 Å². The van der Waals surface area contributed by atoms with Crippen molar-refractivity contribution in [2.45, 2.75) is 12.5 Å². The molecule has 18 heavy (non-hydrogen) atoms. The fourth-order valence-electron chi connectivity index (χ4n) is 1.88. The highest BCUT2D eigenvalue weighted by Crippen LogP contribution is 2.17. The zero-order valence-electron chi connectivity index (χ0n) is 9.58. The summed E-state index contributed by atoms with van der Waals surface area (Å²) in [5, 5.41) is 9.48. The van der Waals surface area contributed by atoms with Crippen LogP contribution in [0.25, 0.3) is 0 Å². The van der Waals surface area contributed by atoms with Gasteiger partial charge >= 0.3 is 0 Å². The number of hydrogen-bond donors (Lipinski definition) is 2. The zero-order valence-corrected chi connectivity index (χ0v) is 10.4. The van der Waals surface area contributed by atoms with Gasteiger partial charge in [-0.3, -0.25) is 0 Å². The Hall–Kier alpha value is -1.85. The molecule has 0 amide bonds. The zero-order chi connectivity index (χ0) is 13.1. The molecule has 3 N–H and O–H groups in total. The molecular formula is C13H13NO3S. The predicted molar refractivity (Wildman–Crippen MR) is 70.8 cm³/mol. The maximum absolute atomic E-state index is 11.2. The van der Waals surface area contributed by atoms with Gasteiger partial charge in [-0.2, -0.15) is 8.42 Å². The van der Waals surface area contributed by atoms with Crippen LogP contribution in [0.5, 0.6) is 0 Å². The molecule has 0 spiro atoms. The highest BCUT2D eigenvalue weighted by Gasteiger charge is 2.24. The average Bonchev–Trinajstić information content (AvgIpc) is 2.35. The van der Waals surface area contributed by atoms with Crippen LogP contribution >= 0.6 is 0 Å². The van der Waals surface area contributed by atoms with Crippen molar-refractivity contribution >= 4 is 15.2 Å². The van der Waals surface area contributed by atoms with Gasteiger partial charge in [-0.25, -0.2) is 0 Å². The number of rotatable bonds is 2. The second-order valence-corrected chi connectivity index (χ2v) is 4.93. The number of aliphatic hydroxyl groups excluding tert-OH is 1. The Morgan fingerprint density at radius 2 is 1.83 bits per heavy atom. The van der Waals surface area contributed by atoms with Gasteiger partial charge in [0.2, 0.25) is 10.3 Å². The molecule has 0 aromatic heterocycles. The van der Waals surface area contributed by atoms with E-state index in [-0.39, 0.29) is 10.6 Å². The normalized spacial score (nSPS) is 19.2. The van der Waals surface area contributed by atoms with Crippen molar-refractivity contribution < 1.29 is 13.5 Å². The molecule has 0 saturated carbocycles. The second kappa shape index (κ2) is 5.20. The van der Waals surface area contributed by atoms with Gasteiger partial charge in [0.25, 0.3) is 0 Å². The number of allylic oxidation sites excluding steroid dienone is 2. The van der Waals surface area contributed by atoms with E-state index in [1.54, 1.807) is 6.08 Å². The van der Waals surface area contributed by atoms with Gasteiger partial charge in [0.1, 0.15) is 11.8 Å². The van der Waals surface area contributed by atoms with E-state index >= 15 is 0 Å². The Morgan fingerprint density at radius 3 is 2.44 bits per heavy atom. The van der Waals surface area contributed by atoms with Crippen LogP contribution in [0.3, 0.4) is 0 Å². The van der Waals surface area contributed by atoms with Crippen LogP contribution in [0, 0.1) is 0 Å². The molecule has 1 atom stereocenters. The SMILES string of the molecule is NC1C(O)=CC=C(Cc2ccccc2)C1=S(=O)=O. The van der Waals surface area contributed by atoms with Crippen LogP contribution in [0.4, 0.5) is 0 Å².